The van der Waals surface area contributed by atoms with Gasteiger partial charge in [-0.25, -0.2) is 9.59 Å². The summed E-state index contributed by atoms with van der Waals surface area (Å²) in [6.45, 7) is 9.27. The van der Waals surface area contributed by atoms with Gasteiger partial charge in [-0.1, -0.05) is 36.9 Å². The van der Waals surface area contributed by atoms with Gasteiger partial charge < -0.3 is 9.47 Å². The molecule has 5 nitrogen and oxygen atoms in total. The van der Waals surface area contributed by atoms with Gasteiger partial charge in [0.05, 0.1) is 0 Å². The molecule has 1 heterocycles. The van der Waals surface area contributed by atoms with Crippen LogP contribution >= 0.6 is 0 Å². The number of nitrogens with zero attached hydrogens (tertiary/aromatic N) is 1. The fourth-order valence-corrected chi connectivity index (χ4v) is 2.10. The van der Waals surface area contributed by atoms with Gasteiger partial charge in [-0.2, -0.15) is 0 Å². The van der Waals surface area contributed by atoms with Crippen LogP contribution in [0.3, 0.4) is 0 Å². The quantitative estimate of drug-likeness (QED) is 0.804. The number of likely N-dealkylation sites (tertiary alicyclic amines) is 1. The average Bonchev–Trinajstić information content (AvgIpc) is 2.41. The molecular weight excluding hydrogens is 282 g/mol. The molecule has 0 spiro atoms. The molecule has 1 fully saturated rings. The van der Waals surface area contributed by atoms with E-state index >= 15 is 0 Å². The molecule has 5 heteroatoms. The molecule has 1 aliphatic rings. The first-order chi connectivity index (χ1) is 10.3. The van der Waals surface area contributed by atoms with Crippen LogP contribution in [0.5, 0.6) is 0 Å². The molecule has 1 saturated heterocycles. The maximum atomic E-state index is 12.1. The number of amides is 1. The molecule has 1 aromatic rings. The minimum atomic E-state index is -0.647. The van der Waals surface area contributed by atoms with E-state index in [9.17, 15) is 9.59 Å². The summed E-state index contributed by atoms with van der Waals surface area (Å²) in [7, 11) is 0. The van der Waals surface area contributed by atoms with Crippen LogP contribution in [-0.4, -0.2) is 28.6 Å². The van der Waals surface area contributed by atoms with Crippen molar-refractivity contribution in [3.05, 3.63) is 48.2 Å². The van der Waals surface area contributed by atoms with Gasteiger partial charge in [0.25, 0.3) is 0 Å². The lowest BCUT2D eigenvalue weighted by molar-refractivity contribution is -0.153. The molecule has 0 bridgehead atoms. The van der Waals surface area contributed by atoms with Crippen molar-refractivity contribution in [2.45, 2.75) is 45.4 Å². The van der Waals surface area contributed by atoms with Gasteiger partial charge in [-0.3, -0.25) is 4.90 Å². The lowest BCUT2D eigenvalue weighted by Crippen LogP contribution is -2.54. The minimum absolute atomic E-state index is 0.185. The fourth-order valence-electron chi connectivity index (χ4n) is 2.10. The summed E-state index contributed by atoms with van der Waals surface area (Å²) in [6, 6.07) is 8.75. The van der Waals surface area contributed by atoms with Crippen LogP contribution in [0.15, 0.2) is 42.6 Å². The lowest BCUT2D eigenvalue weighted by Gasteiger charge is -2.41. The van der Waals surface area contributed by atoms with E-state index in [2.05, 4.69) is 6.58 Å². The van der Waals surface area contributed by atoms with Gasteiger partial charge in [0.2, 0.25) is 0 Å². The number of carbonyl (C=O) groups is 2. The molecule has 0 aromatic heterocycles. The topological polar surface area (TPSA) is 55.8 Å². The summed E-state index contributed by atoms with van der Waals surface area (Å²) in [5.41, 5.74) is 0.847. The third kappa shape index (κ3) is 3.87. The summed E-state index contributed by atoms with van der Waals surface area (Å²) < 4.78 is 10.5. The molecule has 0 N–H and O–H groups in total. The first-order valence-corrected chi connectivity index (χ1v) is 7.18. The van der Waals surface area contributed by atoms with Crippen LogP contribution in [0.1, 0.15) is 32.8 Å². The van der Waals surface area contributed by atoms with E-state index in [4.69, 9.17) is 9.47 Å². The second kappa shape index (κ2) is 6.22. The first kappa shape index (κ1) is 16.1. The number of ether oxygens (including phenoxy) is 2. The van der Waals surface area contributed by atoms with E-state index < -0.39 is 23.7 Å². The van der Waals surface area contributed by atoms with Crippen molar-refractivity contribution in [2.75, 3.05) is 0 Å². The van der Waals surface area contributed by atoms with Crippen molar-refractivity contribution in [2.24, 2.45) is 0 Å². The Hall–Kier alpha value is -2.30. The molecule has 0 saturated carbocycles. The van der Waals surface area contributed by atoms with Crippen LogP contribution in [-0.2, 0) is 20.9 Å². The summed E-state index contributed by atoms with van der Waals surface area (Å²) in [5, 5.41) is 0. The highest BCUT2D eigenvalue weighted by Crippen LogP contribution is 2.31. The van der Waals surface area contributed by atoms with Crippen molar-refractivity contribution in [1.29, 1.82) is 0 Å². The average molecular weight is 303 g/mol. The van der Waals surface area contributed by atoms with Crippen molar-refractivity contribution in [3.63, 3.8) is 0 Å². The van der Waals surface area contributed by atoms with Crippen LogP contribution in [0, 0.1) is 0 Å². The first-order valence-electron chi connectivity index (χ1n) is 7.18. The fraction of sp³-hybridized carbons (Fsp3) is 0.412. The number of hydrogen-bond donors (Lipinski definition) is 0. The van der Waals surface area contributed by atoms with Crippen LogP contribution in [0.2, 0.25) is 0 Å². The molecule has 1 atom stereocenters. The Labute approximate surface area is 130 Å². The Balaban J connectivity index is 1.92. The van der Waals surface area contributed by atoms with Crippen molar-refractivity contribution >= 4 is 12.1 Å². The highest BCUT2D eigenvalue weighted by molar-refractivity contribution is 5.85. The van der Waals surface area contributed by atoms with E-state index in [1.165, 1.54) is 4.90 Å². The molecule has 1 amide bonds. The molecule has 0 aliphatic carbocycles. The van der Waals surface area contributed by atoms with Crippen LogP contribution < -0.4 is 0 Å². The SMILES string of the molecule is C=C1C[C@@H](C(=O)OCc2ccccc2)N1C(=O)OC(C)(C)C. The lowest BCUT2D eigenvalue weighted by atomic mass is 10.0. The molecular formula is C17H21NO4. The Kier molecular flexibility index (Phi) is 4.54. The Bertz CT molecular complexity index is 574. The van der Waals surface area contributed by atoms with Gasteiger partial charge in [0.15, 0.2) is 0 Å². The van der Waals surface area contributed by atoms with Gasteiger partial charge in [-0.15, -0.1) is 0 Å². The molecule has 118 valence electrons. The summed E-state index contributed by atoms with van der Waals surface area (Å²) in [6.07, 6.45) is -0.155. The largest absolute Gasteiger partial charge is 0.459 e. The van der Waals surface area contributed by atoms with Gasteiger partial charge in [-0.05, 0) is 26.3 Å². The maximum absolute atomic E-state index is 12.1. The normalized spacial score (nSPS) is 17.7. The highest BCUT2D eigenvalue weighted by Gasteiger charge is 2.44. The smallest absolute Gasteiger partial charge is 0.415 e. The van der Waals surface area contributed by atoms with Gasteiger partial charge >= 0.3 is 12.1 Å². The van der Waals surface area contributed by atoms with Crippen molar-refractivity contribution < 1.29 is 19.1 Å². The predicted molar refractivity (Wildman–Crippen MR) is 81.9 cm³/mol. The maximum Gasteiger partial charge on any atom is 0.415 e. The molecule has 0 radical (unpaired) electrons. The second-order valence-electron chi connectivity index (χ2n) is 6.23. The predicted octanol–water partition coefficient (Wildman–Crippen LogP) is 3.25. The van der Waals surface area contributed by atoms with Crippen molar-refractivity contribution in [3.8, 4) is 0 Å². The molecule has 22 heavy (non-hydrogen) atoms. The number of hydrogen-bond acceptors (Lipinski definition) is 4. The van der Waals surface area contributed by atoms with Crippen molar-refractivity contribution in [1.82, 2.24) is 4.90 Å². The van der Waals surface area contributed by atoms with E-state index in [-0.39, 0.29) is 6.61 Å². The Morgan fingerprint density at radius 3 is 2.45 bits per heavy atom. The number of rotatable bonds is 3. The third-order valence-electron chi connectivity index (χ3n) is 3.17. The molecule has 0 unspecified atom stereocenters. The summed E-state index contributed by atoms with van der Waals surface area (Å²) >= 11 is 0. The van der Waals surface area contributed by atoms with E-state index in [1.807, 2.05) is 30.3 Å². The summed E-state index contributed by atoms with van der Waals surface area (Å²) in [4.78, 5) is 25.4. The Morgan fingerprint density at radius 2 is 1.91 bits per heavy atom. The third-order valence-corrected chi connectivity index (χ3v) is 3.17. The van der Waals surface area contributed by atoms with Crippen LogP contribution in [0.25, 0.3) is 0 Å². The number of esters is 1. The molecule has 2 rings (SSSR count). The van der Waals surface area contributed by atoms with E-state index in [0.29, 0.717) is 12.1 Å². The zero-order valence-electron chi connectivity index (χ0n) is 13.2. The van der Waals surface area contributed by atoms with E-state index in [1.54, 1.807) is 20.8 Å². The molecule has 1 aromatic carbocycles. The zero-order valence-corrected chi connectivity index (χ0v) is 13.2. The Morgan fingerprint density at radius 1 is 1.27 bits per heavy atom. The monoisotopic (exact) mass is 303 g/mol. The standard InChI is InChI=1S/C17H21NO4/c1-12-10-14(18(12)16(20)22-17(2,3)4)15(19)21-11-13-8-6-5-7-9-13/h5-9,14H,1,10-11H2,2-4H3/t14-/m0/s1. The highest BCUT2D eigenvalue weighted by atomic mass is 16.6. The van der Waals surface area contributed by atoms with Gasteiger partial charge in [0.1, 0.15) is 18.2 Å². The number of carbonyl (C=O) groups excluding carboxylic acids is 2. The zero-order chi connectivity index (χ0) is 16.3. The molecule has 1 aliphatic heterocycles. The summed E-state index contributed by atoms with van der Waals surface area (Å²) in [5.74, 6) is -0.442. The van der Waals surface area contributed by atoms with E-state index in [0.717, 1.165) is 5.56 Å². The van der Waals surface area contributed by atoms with Gasteiger partial charge in [0, 0.05) is 12.1 Å². The minimum Gasteiger partial charge on any atom is -0.459 e. The number of benzene rings is 1. The van der Waals surface area contributed by atoms with Crippen LogP contribution in [0.4, 0.5) is 4.79 Å². The second-order valence-corrected chi connectivity index (χ2v) is 6.23.